The highest BCUT2D eigenvalue weighted by Crippen LogP contribution is 2.39. The van der Waals surface area contributed by atoms with E-state index in [0.29, 0.717) is 11.3 Å². The van der Waals surface area contributed by atoms with Gasteiger partial charge in [-0.2, -0.15) is 0 Å². The molecule has 0 aliphatic rings. The first-order chi connectivity index (χ1) is 8.32. The summed E-state index contributed by atoms with van der Waals surface area (Å²) >= 11 is 10.1. The van der Waals surface area contributed by atoms with E-state index in [-0.39, 0.29) is 0 Å². The van der Waals surface area contributed by atoms with Gasteiger partial charge in [0.05, 0.1) is 8.95 Å². The smallest absolute Gasteiger partial charge is 0.336 e. The van der Waals surface area contributed by atoms with Gasteiger partial charge in [-0.25, -0.2) is 4.79 Å². The first-order valence-electron chi connectivity index (χ1n) is 4.99. The molecule has 1 atom stereocenters. The van der Waals surface area contributed by atoms with Crippen LogP contribution in [0.4, 0.5) is 0 Å². The van der Waals surface area contributed by atoms with Crippen LogP contribution in [0.2, 0.25) is 0 Å². The summed E-state index contributed by atoms with van der Waals surface area (Å²) in [4.78, 5) is 11.3. The molecule has 1 aromatic carbocycles. The predicted molar refractivity (Wildman–Crippen MR) is 80.5 cm³/mol. The Morgan fingerprint density at radius 3 is 2.39 bits per heavy atom. The van der Waals surface area contributed by atoms with E-state index in [1.54, 1.807) is 13.8 Å². The highest BCUT2D eigenvalue weighted by Gasteiger charge is 2.16. The quantitative estimate of drug-likeness (QED) is 0.290. The number of halogens is 3. The fraction of sp³-hybridized carbons (Fsp3) is 0.250. The molecular formula is C12H11Br3O3. The highest BCUT2D eigenvalue weighted by molar-refractivity contribution is 9.13. The third-order valence-corrected chi connectivity index (χ3v) is 4.51. The van der Waals surface area contributed by atoms with Crippen molar-refractivity contribution in [3.05, 3.63) is 37.7 Å². The molecule has 0 spiro atoms. The Balaban J connectivity index is 2.82. The molecule has 98 valence electrons. The molecule has 0 amide bonds. The summed E-state index contributed by atoms with van der Waals surface area (Å²) in [5.74, 6) is 0.0798. The van der Waals surface area contributed by atoms with Crippen LogP contribution in [-0.2, 0) is 9.53 Å². The largest absolute Gasteiger partial charge is 0.453 e. The Morgan fingerprint density at radius 2 is 1.83 bits per heavy atom. The summed E-state index contributed by atoms with van der Waals surface area (Å²) in [5.41, 5.74) is 0.331. The van der Waals surface area contributed by atoms with E-state index in [4.69, 9.17) is 9.47 Å². The standard InChI is InChI=1S/C12H11Br3O3/c1-6(2)12(16)18-7(3)17-11-9(14)5-4-8(13)10(11)15/h4-5,7H,1H2,2-3H3. The maximum Gasteiger partial charge on any atom is 0.336 e. The highest BCUT2D eigenvalue weighted by atomic mass is 79.9. The lowest BCUT2D eigenvalue weighted by atomic mass is 10.3. The molecule has 0 heterocycles. The van der Waals surface area contributed by atoms with Gasteiger partial charge in [0.2, 0.25) is 6.29 Å². The van der Waals surface area contributed by atoms with Crippen LogP contribution in [-0.4, -0.2) is 12.3 Å². The second kappa shape index (κ2) is 6.73. The van der Waals surface area contributed by atoms with Gasteiger partial charge in [-0.05, 0) is 66.8 Å². The molecule has 1 rings (SSSR count). The van der Waals surface area contributed by atoms with Crippen molar-refractivity contribution in [3.8, 4) is 5.75 Å². The van der Waals surface area contributed by atoms with E-state index in [1.165, 1.54) is 0 Å². The van der Waals surface area contributed by atoms with Gasteiger partial charge >= 0.3 is 5.97 Å². The zero-order valence-electron chi connectivity index (χ0n) is 9.80. The van der Waals surface area contributed by atoms with Crippen LogP contribution in [0.25, 0.3) is 0 Å². The van der Waals surface area contributed by atoms with Gasteiger partial charge in [0, 0.05) is 17.0 Å². The molecule has 0 aliphatic carbocycles. The minimum absolute atomic E-state index is 0.331. The number of esters is 1. The van der Waals surface area contributed by atoms with Crippen LogP contribution in [0.15, 0.2) is 37.7 Å². The van der Waals surface area contributed by atoms with Gasteiger partial charge in [0.25, 0.3) is 0 Å². The molecule has 0 radical (unpaired) electrons. The lowest BCUT2D eigenvalue weighted by Gasteiger charge is -2.17. The third-order valence-electron chi connectivity index (χ3n) is 1.91. The lowest BCUT2D eigenvalue weighted by molar-refractivity contribution is -0.156. The molecule has 0 N–H and O–H groups in total. The molecule has 1 unspecified atom stereocenters. The third kappa shape index (κ3) is 4.10. The van der Waals surface area contributed by atoms with Crippen molar-refractivity contribution in [1.29, 1.82) is 0 Å². The van der Waals surface area contributed by atoms with Crippen molar-refractivity contribution in [2.24, 2.45) is 0 Å². The number of carbonyl (C=O) groups is 1. The number of hydrogen-bond acceptors (Lipinski definition) is 3. The van der Waals surface area contributed by atoms with E-state index in [1.807, 2.05) is 12.1 Å². The zero-order valence-corrected chi connectivity index (χ0v) is 14.6. The minimum atomic E-state index is -0.712. The van der Waals surface area contributed by atoms with E-state index in [2.05, 4.69) is 54.4 Å². The number of carbonyl (C=O) groups excluding carboxylic acids is 1. The average molecular weight is 443 g/mol. The van der Waals surface area contributed by atoms with Crippen LogP contribution >= 0.6 is 47.8 Å². The van der Waals surface area contributed by atoms with Crippen LogP contribution in [0.1, 0.15) is 13.8 Å². The van der Waals surface area contributed by atoms with Gasteiger partial charge < -0.3 is 9.47 Å². The van der Waals surface area contributed by atoms with Crippen molar-refractivity contribution in [1.82, 2.24) is 0 Å². The zero-order chi connectivity index (χ0) is 13.9. The normalized spacial score (nSPS) is 11.8. The molecule has 0 saturated heterocycles. The first kappa shape index (κ1) is 15.7. The van der Waals surface area contributed by atoms with E-state index < -0.39 is 12.3 Å². The van der Waals surface area contributed by atoms with Gasteiger partial charge in [0.15, 0.2) is 5.75 Å². The van der Waals surface area contributed by atoms with Gasteiger partial charge in [-0.3, -0.25) is 0 Å². The van der Waals surface area contributed by atoms with Crippen molar-refractivity contribution < 1.29 is 14.3 Å². The van der Waals surface area contributed by atoms with Crippen molar-refractivity contribution in [2.45, 2.75) is 20.1 Å². The summed E-state index contributed by atoms with van der Waals surface area (Å²) < 4.78 is 13.0. The number of rotatable bonds is 4. The van der Waals surface area contributed by atoms with Crippen LogP contribution < -0.4 is 4.74 Å². The molecule has 3 nitrogen and oxygen atoms in total. The van der Waals surface area contributed by atoms with Crippen LogP contribution in [0, 0.1) is 0 Å². The summed E-state index contributed by atoms with van der Waals surface area (Å²) in [6, 6.07) is 3.70. The van der Waals surface area contributed by atoms with Crippen molar-refractivity contribution in [3.63, 3.8) is 0 Å². The molecule has 6 heteroatoms. The fourth-order valence-corrected chi connectivity index (χ4v) is 2.50. The molecule has 0 aromatic heterocycles. The SMILES string of the molecule is C=C(C)C(=O)OC(C)Oc1c(Br)ccc(Br)c1Br. The monoisotopic (exact) mass is 440 g/mol. The lowest BCUT2D eigenvalue weighted by Crippen LogP contribution is -2.21. The Kier molecular flexibility index (Phi) is 5.88. The summed E-state index contributed by atoms with van der Waals surface area (Å²) in [7, 11) is 0. The Hall–Kier alpha value is -0.330. The number of benzene rings is 1. The Bertz CT molecular complexity index is 486. The average Bonchev–Trinajstić information content (AvgIpc) is 2.29. The molecule has 0 saturated carbocycles. The maximum absolute atomic E-state index is 11.3. The second-order valence-electron chi connectivity index (χ2n) is 3.54. The molecule has 0 fully saturated rings. The van der Waals surface area contributed by atoms with Crippen LogP contribution in [0.3, 0.4) is 0 Å². The molecular weight excluding hydrogens is 432 g/mol. The number of ether oxygens (including phenoxy) is 2. The minimum Gasteiger partial charge on any atom is -0.453 e. The van der Waals surface area contributed by atoms with Gasteiger partial charge in [0.1, 0.15) is 0 Å². The van der Waals surface area contributed by atoms with Gasteiger partial charge in [-0.15, -0.1) is 0 Å². The van der Waals surface area contributed by atoms with Crippen molar-refractivity contribution >= 4 is 53.8 Å². The molecule has 18 heavy (non-hydrogen) atoms. The topological polar surface area (TPSA) is 35.5 Å². The van der Waals surface area contributed by atoms with Gasteiger partial charge in [-0.1, -0.05) is 6.58 Å². The predicted octanol–water partition coefficient (Wildman–Crippen LogP) is 4.82. The molecule has 0 bridgehead atoms. The van der Waals surface area contributed by atoms with Crippen molar-refractivity contribution in [2.75, 3.05) is 0 Å². The first-order valence-corrected chi connectivity index (χ1v) is 7.37. The fourth-order valence-electron chi connectivity index (χ4n) is 1.06. The Labute approximate surface area is 131 Å². The molecule has 1 aromatic rings. The summed E-state index contributed by atoms with van der Waals surface area (Å²) in [6.07, 6.45) is -0.712. The molecule has 0 aliphatic heterocycles. The maximum atomic E-state index is 11.3. The number of hydrogen-bond donors (Lipinski definition) is 0. The van der Waals surface area contributed by atoms with Crippen LogP contribution in [0.5, 0.6) is 5.75 Å². The summed E-state index contributed by atoms with van der Waals surface area (Å²) in [6.45, 7) is 6.73. The summed E-state index contributed by atoms with van der Waals surface area (Å²) in [5, 5.41) is 0. The van der Waals surface area contributed by atoms with E-state index in [9.17, 15) is 4.79 Å². The Morgan fingerprint density at radius 1 is 1.28 bits per heavy atom. The van der Waals surface area contributed by atoms with E-state index >= 15 is 0 Å². The van der Waals surface area contributed by atoms with E-state index in [0.717, 1.165) is 13.4 Å². The second-order valence-corrected chi connectivity index (χ2v) is 6.05.